The fourth-order valence-electron chi connectivity index (χ4n) is 2.29. The smallest absolute Gasteiger partial charge is 0.267 e. The van der Waals surface area contributed by atoms with Crippen molar-refractivity contribution in [2.75, 3.05) is 0 Å². The van der Waals surface area contributed by atoms with E-state index < -0.39 is 20.8 Å². The average Bonchev–Trinajstić information content (AvgIpc) is 2.42. The van der Waals surface area contributed by atoms with Crippen molar-refractivity contribution in [2.24, 2.45) is 0 Å². The number of halogens is 2. The van der Waals surface area contributed by atoms with Crippen LogP contribution in [0.4, 0.5) is 8.78 Å². The maximum atomic E-state index is 13.3. The summed E-state index contributed by atoms with van der Waals surface area (Å²) < 4.78 is 32.6. The second-order valence-corrected chi connectivity index (χ2v) is 9.75. The first-order chi connectivity index (χ1) is 8.98. The summed E-state index contributed by atoms with van der Waals surface area (Å²) in [5.41, 5.74) is 1.66. The van der Waals surface area contributed by atoms with Crippen molar-refractivity contribution in [1.29, 1.82) is 0 Å². The van der Waals surface area contributed by atoms with Crippen LogP contribution in [-0.4, -0.2) is 14.7 Å². The zero-order chi connectivity index (χ0) is 14.5. The lowest BCUT2D eigenvalue weighted by Crippen LogP contribution is -2.38. The van der Waals surface area contributed by atoms with Gasteiger partial charge >= 0.3 is 0 Å². The zero-order valence-electron chi connectivity index (χ0n) is 12.2. The van der Waals surface area contributed by atoms with Gasteiger partial charge in [-0.15, -0.1) is 0 Å². The lowest BCUT2D eigenvalue weighted by molar-refractivity contribution is 0.00349. The minimum absolute atomic E-state index is 0.591. The molecule has 1 aromatic carbocycles. The molecule has 0 heterocycles. The highest BCUT2D eigenvalue weighted by atomic mass is 28.4. The fourth-order valence-corrected chi connectivity index (χ4v) is 5.07. The summed E-state index contributed by atoms with van der Waals surface area (Å²) in [4.78, 5) is 0. The topological polar surface area (TPSA) is 9.23 Å². The summed E-state index contributed by atoms with van der Waals surface area (Å²) in [7, 11) is -2.02. The number of benzene rings is 1. The highest BCUT2D eigenvalue weighted by Crippen LogP contribution is 2.33. The van der Waals surface area contributed by atoms with Gasteiger partial charge < -0.3 is 4.43 Å². The van der Waals surface area contributed by atoms with Gasteiger partial charge in [0.15, 0.2) is 8.32 Å². The molecule has 1 rings (SSSR count). The molecule has 108 valence electrons. The summed E-state index contributed by atoms with van der Waals surface area (Å²) in [6, 6.07) is 9.89. The van der Waals surface area contributed by atoms with Crippen LogP contribution in [0.25, 0.3) is 0 Å². The van der Waals surface area contributed by atoms with Crippen LogP contribution in [0.5, 0.6) is 0 Å². The molecule has 0 saturated carbocycles. The molecule has 0 fully saturated rings. The Labute approximate surface area is 116 Å². The van der Waals surface area contributed by atoms with E-state index in [-0.39, 0.29) is 0 Å². The Morgan fingerprint density at radius 3 is 1.84 bits per heavy atom. The molecule has 0 aliphatic heterocycles. The summed E-state index contributed by atoms with van der Waals surface area (Å²) in [5, 5.41) is 0. The van der Waals surface area contributed by atoms with Gasteiger partial charge in [-0.25, -0.2) is 8.78 Å². The average molecular weight is 286 g/mol. The van der Waals surface area contributed by atoms with Crippen molar-refractivity contribution in [3.05, 3.63) is 35.4 Å². The van der Waals surface area contributed by atoms with E-state index in [2.05, 4.69) is 20.8 Å². The van der Waals surface area contributed by atoms with Crippen LogP contribution in [0, 0.1) is 6.92 Å². The van der Waals surface area contributed by atoms with Crippen LogP contribution in [-0.2, 0) is 4.43 Å². The SMILES string of the molecule is CC[Si](CC)(CC)OC(c1ccc(C)cc1)C(F)F. The van der Waals surface area contributed by atoms with Gasteiger partial charge in [0, 0.05) is 0 Å². The minimum Gasteiger partial charge on any atom is -0.404 e. The number of aryl methyl sites for hydroxylation is 1. The molecule has 0 aliphatic carbocycles. The number of hydrogen-bond acceptors (Lipinski definition) is 1. The number of alkyl halides is 2. The van der Waals surface area contributed by atoms with E-state index in [0.717, 1.165) is 23.7 Å². The molecular formula is C15H24F2OSi. The van der Waals surface area contributed by atoms with Crippen molar-refractivity contribution in [3.8, 4) is 0 Å². The van der Waals surface area contributed by atoms with Gasteiger partial charge in [-0.05, 0) is 30.6 Å². The van der Waals surface area contributed by atoms with Gasteiger partial charge in [-0.2, -0.15) is 0 Å². The molecule has 19 heavy (non-hydrogen) atoms. The number of hydrogen-bond donors (Lipinski definition) is 0. The van der Waals surface area contributed by atoms with Crippen LogP contribution < -0.4 is 0 Å². The second-order valence-electron chi connectivity index (χ2n) is 5.03. The van der Waals surface area contributed by atoms with Crippen LogP contribution in [0.15, 0.2) is 24.3 Å². The molecule has 1 unspecified atom stereocenters. The minimum atomic E-state index is -2.47. The highest BCUT2D eigenvalue weighted by molar-refractivity contribution is 6.73. The standard InChI is InChI=1S/C15H24F2OSi/c1-5-19(6-2,7-3)18-14(15(16)17)13-10-8-12(4)9-11-13/h8-11,14-15H,5-7H2,1-4H3. The van der Waals surface area contributed by atoms with Gasteiger partial charge in [0.2, 0.25) is 0 Å². The van der Waals surface area contributed by atoms with Crippen molar-refractivity contribution in [3.63, 3.8) is 0 Å². The molecule has 0 bridgehead atoms. The Balaban J connectivity index is 2.98. The lowest BCUT2D eigenvalue weighted by Gasteiger charge is -2.33. The summed E-state index contributed by atoms with van der Waals surface area (Å²) >= 11 is 0. The maximum absolute atomic E-state index is 13.3. The third-order valence-corrected chi connectivity index (χ3v) is 8.56. The van der Waals surface area contributed by atoms with Crippen LogP contribution in [0.2, 0.25) is 18.1 Å². The summed E-state index contributed by atoms with van der Waals surface area (Å²) in [6.07, 6.45) is -3.55. The molecule has 1 atom stereocenters. The van der Waals surface area contributed by atoms with Gasteiger partial charge in [-0.3, -0.25) is 0 Å². The van der Waals surface area contributed by atoms with Gasteiger partial charge in [0.25, 0.3) is 6.43 Å². The van der Waals surface area contributed by atoms with Crippen LogP contribution >= 0.6 is 0 Å². The fraction of sp³-hybridized carbons (Fsp3) is 0.600. The van der Waals surface area contributed by atoms with Crippen LogP contribution in [0.1, 0.15) is 38.0 Å². The highest BCUT2D eigenvalue weighted by Gasteiger charge is 2.36. The van der Waals surface area contributed by atoms with E-state index in [0.29, 0.717) is 5.56 Å². The quantitative estimate of drug-likeness (QED) is 0.616. The molecule has 0 amide bonds. The van der Waals surface area contributed by atoms with Crippen molar-refractivity contribution in [2.45, 2.75) is 58.4 Å². The summed E-state index contributed by atoms with van der Waals surface area (Å²) in [6.45, 7) is 8.11. The number of rotatable bonds is 7. The molecule has 0 saturated heterocycles. The molecule has 0 radical (unpaired) electrons. The molecule has 0 spiro atoms. The Bertz CT molecular complexity index is 366. The first kappa shape index (κ1) is 16.3. The lowest BCUT2D eigenvalue weighted by atomic mass is 10.1. The monoisotopic (exact) mass is 286 g/mol. The van der Waals surface area contributed by atoms with Crippen molar-refractivity contribution >= 4 is 8.32 Å². The van der Waals surface area contributed by atoms with Gasteiger partial charge in [-0.1, -0.05) is 50.6 Å². The Morgan fingerprint density at radius 2 is 1.47 bits per heavy atom. The molecule has 0 aromatic heterocycles. The predicted octanol–water partition coefficient (Wildman–Crippen LogP) is 5.32. The molecule has 1 aromatic rings. The van der Waals surface area contributed by atoms with Crippen LogP contribution in [0.3, 0.4) is 0 Å². The van der Waals surface area contributed by atoms with E-state index in [9.17, 15) is 8.78 Å². The van der Waals surface area contributed by atoms with E-state index >= 15 is 0 Å². The van der Waals surface area contributed by atoms with E-state index in [1.807, 2.05) is 19.1 Å². The predicted molar refractivity (Wildman–Crippen MR) is 78.2 cm³/mol. The van der Waals surface area contributed by atoms with E-state index in [4.69, 9.17) is 4.43 Å². The first-order valence-corrected chi connectivity index (χ1v) is 9.53. The van der Waals surface area contributed by atoms with Crippen molar-refractivity contribution < 1.29 is 13.2 Å². The van der Waals surface area contributed by atoms with Gasteiger partial charge in [0.05, 0.1) is 0 Å². The Hall–Kier alpha value is -0.743. The van der Waals surface area contributed by atoms with Crippen molar-refractivity contribution in [1.82, 2.24) is 0 Å². The summed E-state index contributed by atoms with van der Waals surface area (Å²) in [5.74, 6) is 0. The normalized spacial score (nSPS) is 13.8. The first-order valence-electron chi connectivity index (χ1n) is 7.00. The third kappa shape index (κ3) is 4.11. The Kier molecular flexibility index (Phi) is 6.14. The Morgan fingerprint density at radius 1 is 1.00 bits per heavy atom. The largest absolute Gasteiger partial charge is 0.404 e. The zero-order valence-corrected chi connectivity index (χ0v) is 13.2. The van der Waals surface area contributed by atoms with E-state index in [1.54, 1.807) is 12.1 Å². The van der Waals surface area contributed by atoms with Gasteiger partial charge in [0.1, 0.15) is 6.10 Å². The molecule has 4 heteroatoms. The molecule has 1 nitrogen and oxygen atoms in total. The molecule has 0 N–H and O–H groups in total. The van der Waals surface area contributed by atoms with E-state index in [1.165, 1.54) is 0 Å². The maximum Gasteiger partial charge on any atom is 0.267 e. The second kappa shape index (κ2) is 7.15. The molecular weight excluding hydrogens is 262 g/mol. The third-order valence-electron chi connectivity index (χ3n) is 3.94. The molecule has 0 aliphatic rings.